The SMILES string of the molecule is CN1CCCN(Cc2cccc(-c3ccc(=O)n(C)n3)c2)CC1. The molecule has 0 spiro atoms. The van der Waals surface area contributed by atoms with E-state index in [1.807, 2.05) is 6.07 Å². The summed E-state index contributed by atoms with van der Waals surface area (Å²) in [7, 11) is 3.87. The Morgan fingerprint density at radius 3 is 2.74 bits per heavy atom. The molecule has 1 aliphatic heterocycles. The Bertz CT molecular complexity index is 725. The number of nitrogens with zero attached hydrogens (tertiary/aromatic N) is 4. The normalized spacial score (nSPS) is 17.1. The summed E-state index contributed by atoms with van der Waals surface area (Å²) in [4.78, 5) is 16.4. The van der Waals surface area contributed by atoms with Gasteiger partial charge in [0.1, 0.15) is 0 Å². The molecule has 0 N–H and O–H groups in total. The largest absolute Gasteiger partial charge is 0.305 e. The van der Waals surface area contributed by atoms with Crippen molar-refractivity contribution < 1.29 is 0 Å². The van der Waals surface area contributed by atoms with Crippen molar-refractivity contribution in [2.24, 2.45) is 7.05 Å². The first-order valence-electron chi connectivity index (χ1n) is 8.16. The number of aromatic nitrogens is 2. The number of rotatable bonds is 3. The van der Waals surface area contributed by atoms with E-state index in [0.717, 1.165) is 37.4 Å². The maximum atomic E-state index is 11.5. The van der Waals surface area contributed by atoms with Gasteiger partial charge < -0.3 is 4.90 Å². The molecule has 0 unspecified atom stereocenters. The number of aryl methyl sites for hydroxylation is 1. The van der Waals surface area contributed by atoms with Crippen molar-refractivity contribution in [2.75, 3.05) is 33.2 Å². The van der Waals surface area contributed by atoms with Crippen molar-refractivity contribution >= 4 is 0 Å². The van der Waals surface area contributed by atoms with Crippen LogP contribution in [-0.4, -0.2) is 52.8 Å². The van der Waals surface area contributed by atoms with E-state index < -0.39 is 0 Å². The van der Waals surface area contributed by atoms with Gasteiger partial charge in [0.2, 0.25) is 0 Å². The average molecular weight is 312 g/mol. The van der Waals surface area contributed by atoms with Crippen LogP contribution in [0.25, 0.3) is 11.3 Å². The fourth-order valence-electron chi connectivity index (χ4n) is 3.00. The summed E-state index contributed by atoms with van der Waals surface area (Å²) >= 11 is 0. The summed E-state index contributed by atoms with van der Waals surface area (Å²) in [5.74, 6) is 0. The molecule has 1 fully saturated rings. The summed E-state index contributed by atoms with van der Waals surface area (Å²) in [6.45, 7) is 5.53. The molecular weight excluding hydrogens is 288 g/mol. The van der Waals surface area contributed by atoms with Gasteiger partial charge in [-0.1, -0.05) is 18.2 Å². The predicted molar refractivity (Wildman–Crippen MR) is 92.3 cm³/mol. The molecule has 5 heteroatoms. The quantitative estimate of drug-likeness (QED) is 0.863. The topological polar surface area (TPSA) is 41.4 Å². The molecule has 0 atom stereocenters. The van der Waals surface area contributed by atoms with Gasteiger partial charge >= 0.3 is 0 Å². The lowest BCUT2D eigenvalue weighted by atomic mass is 10.1. The highest BCUT2D eigenvalue weighted by atomic mass is 16.1. The Morgan fingerprint density at radius 2 is 1.91 bits per heavy atom. The smallest absolute Gasteiger partial charge is 0.266 e. The van der Waals surface area contributed by atoms with Gasteiger partial charge in [-0.15, -0.1) is 0 Å². The Kier molecular flexibility index (Phi) is 4.88. The molecule has 1 aromatic carbocycles. The maximum Gasteiger partial charge on any atom is 0.266 e. The van der Waals surface area contributed by atoms with E-state index >= 15 is 0 Å². The van der Waals surface area contributed by atoms with Gasteiger partial charge in [0.25, 0.3) is 5.56 Å². The third-order valence-corrected chi connectivity index (χ3v) is 4.40. The van der Waals surface area contributed by atoms with Gasteiger partial charge in [-0.3, -0.25) is 9.69 Å². The molecular formula is C18H24N4O. The standard InChI is InChI=1S/C18H24N4O/c1-20-9-4-10-22(12-11-20)14-15-5-3-6-16(13-15)17-7-8-18(23)21(2)19-17/h3,5-8,13H,4,9-12,14H2,1-2H3. The van der Waals surface area contributed by atoms with Crippen LogP contribution in [0.1, 0.15) is 12.0 Å². The van der Waals surface area contributed by atoms with Gasteiger partial charge in [-0.05, 0) is 44.3 Å². The third kappa shape index (κ3) is 4.06. The highest BCUT2D eigenvalue weighted by Gasteiger charge is 2.12. The van der Waals surface area contributed by atoms with E-state index in [0.29, 0.717) is 0 Å². The molecule has 122 valence electrons. The minimum atomic E-state index is -0.0846. The van der Waals surface area contributed by atoms with Crippen LogP contribution in [0.15, 0.2) is 41.2 Å². The van der Waals surface area contributed by atoms with Gasteiger partial charge in [0.15, 0.2) is 0 Å². The van der Waals surface area contributed by atoms with Gasteiger partial charge in [0, 0.05) is 38.3 Å². The molecule has 0 radical (unpaired) electrons. The van der Waals surface area contributed by atoms with Crippen LogP contribution >= 0.6 is 0 Å². The van der Waals surface area contributed by atoms with Crippen molar-refractivity contribution in [1.29, 1.82) is 0 Å². The number of hydrogen-bond donors (Lipinski definition) is 0. The van der Waals surface area contributed by atoms with E-state index in [1.165, 1.54) is 23.2 Å². The first-order chi connectivity index (χ1) is 11.1. The van der Waals surface area contributed by atoms with Crippen molar-refractivity contribution in [3.8, 4) is 11.3 Å². The van der Waals surface area contributed by atoms with Gasteiger partial charge in [0.05, 0.1) is 5.69 Å². The molecule has 0 amide bonds. The Labute approximate surface area is 137 Å². The zero-order chi connectivity index (χ0) is 16.2. The van der Waals surface area contributed by atoms with Crippen molar-refractivity contribution in [2.45, 2.75) is 13.0 Å². The van der Waals surface area contributed by atoms with Gasteiger partial charge in [-0.25, -0.2) is 4.68 Å². The van der Waals surface area contributed by atoms with Crippen LogP contribution in [0, 0.1) is 0 Å². The zero-order valence-electron chi connectivity index (χ0n) is 13.9. The van der Waals surface area contributed by atoms with Crippen LogP contribution in [0.3, 0.4) is 0 Å². The molecule has 0 aliphatic carbocycles. The molecule has 0 saturated carbocycles. The minimum absolute atomic E-state index is 0.0846. The van der Waals surface area contributed by atoms with E-state index in [1.54, 1.807) is 19.2 Å². The molecule has 1 aromatic heterocycles. The summed E-state index contributed by atoms with van der Waals surface area (Å²) in [5, 5.41) is 4.34. The zero-order valence-corrected chi connectivity index (χ0v) is 13.9. The minimum Gasteiger partial charge on any atom is -0.305 e. The first-order valence-corrected chi connectivity index (χ1v) is 8.16. The van der Waals surface area contributed by atoms with E-state index in [4.69, 9.17) is 0 Å². The third-order valence-electron chi connectivity index (χ3n) is 4.40. The molecule has 2 heterocycles. The summed E-state index contributed by atoms with van der Waals surface area (Å²) in [6, 6.07) is 11.8. The lowest BCUT2D eigenvalue weighted by molar-refractivity contribution is 0.269. The van der Waals surface area contributed by atoms with Crippen molar-refractivity contribution in [1.82, 2.24) is 19.6 Å². The monoisotopic (exact) mass is 312 g/mol. The highest BCUT2D eigenvalue weighted by Crippen LogP contribution is 2.18. The molecule has 3 rings (SSSR count). The van der Waals surface area contributed by atoms with E-state index in [-0.39, 0.29) is 5.56 Å². The molecule has 1 saturated heterocycles. The van der Waals surface area contributed by atoms with Crippen molar-refractivity contribution in [3.05, 3.63) is 52.3 Å². The van der Waals surface area contributed by atoms with Crippen LogP contribution in [-0.2, 0) is 13.6 Å². The summed E-state index contributed by atoms with van der Waals surface area (Å²) in [5.41, 5.74) is 3.11. The van der Waals surface area contributed by atoms with Crippen LogP contribution in [0.4, 0.5) is 0 Å². The molecule has 5 nitrogen and oxygen atoms in total. The van der Waals surface area contributed by atoms with Crippen LogP contribution in [0.5, 0.6) is 0 Å². The fraction of sp³-hybridized carbons (Fsp3) is 0.444. The van der Waals surface area contributed by atoms with Gasteiger partial charge in [-0.2, -0.15) is 5.10 Å². The fourth-order valence-corrected chi connectivity index (χ4v) is 3.00. The molecule has 1 aliphatic rings. The van der Waals surface area contributed by atoms with E-state index in [9.17, 15) is 4.79 Å². The number of benzene rings is 1. The predicted octanol–water partition coefficient (Wildman–Crippen LogP) is 1.58. The summed E-state index contributed by atoms with van der Waals surface area (Å²) in [6.07, 6.45) is 1.22. The number of likely N-dealkylation sites (N-methyl/N-ethyl adjacent to an activating group) is 1. The lowest BCUT2D eigenvalue weighted by Gasteiger charge is -2.20. The maximum absolute atomic E-state index is 11.5. The van der Waals surface area contributed by atoms with Crippen LogP contribution in [0.2, 0.25) is 0 Å². The Balaban J connectivity index is 1.76. The first kappa shape index (κ1) is 15.9. The van der Waals surface area contributed by atoms with Crippen LogP contribution < -0.4 is 5.56 Å². The lowest BCUT2D eigenvalue weighted by Crippen LogP contribution is -2.28. The molecule has 2 aromatic rings. The molecule has 0 bridgehead atoms. The second-order valence-corrected chi connectivity index (χ2v) is 6.31. The van der Waals surface area contributed by atoms with E-state index in [2.05, 4.69) is 40.1 Å². The molecule has 23 heavy (non-hydrogen) atoms. The van der Waals surface area contributed by atoms with Crippen molar-refractivity contribution in [3.63, 3.8) is 0 Å². The Morgan fingerprint density at radius 1 is 1.04 bits per heavy atom. The summed E-state index contributed by atoms with van der Waals surface area (Å²) < 4.78 is 1.38. The highest BCUT2D eigenvalue weighted by molar-refractivity contribution is 5.59. The second-order valence-electron chi connectivity index (χ2n) is 6.31. The second kappa shape index (κ2) is 7.06. The number of hydrogen-bond acceptors (Lipinski definition) is 4. The Hall–Kier alpha value is -1.98. The average Bonchev–Trinajstić information content (AvgIpc) is 2.75.